The van der Waals surface area contributed by atoms with Gasteiger partial charge in [-0.25, -0.2) is 9.37 Å². The molecule has 0 bridgehead atoms. The van der Waals surface area contributed by atoms with E-state index in [9.17, 15) is 4.39 Å². The smallest absolute Gasteiger partial charge is 0.159 e. The number of fused-ring (bicyclic) bond motifs is 2. The molecule has 0 radical (unpaired) electrons. The molecule has 33 heavy (non-hydrogen) atoms. The number of aromatic amines is 2. The van der Waals surface area contributed by atoms with Crippen LogP contribution in [0.3, 0.4) is 0 Å². The number of halogens is 1. The first-order chi connectivity index (χ1) is 16.2. The van der Waals surface area contributed by atoms with Crippen LogP contribution in [0.4, 0.5) is 10.1 Å². The van der Waals surface area contributed by atoms with Crippen molar-refractivity contribution in [2.45, 2.75) is 25.6 Å². The fraction of sp³-hybridized carbons (Fsp3) is 0.231. The number of hydrogen-bond donors (Lipinski definition) is 2. The second-order valence-electron chi connectivity index (χ2n) is 8.53. The van der Waals surface area contributed by atoms with E-state index in [1.54, 1.807) is 0 Å². The number of nitrogens with one attached hydrogen (secondary N) is 2. The molecule has 3 heterocycles. The van der Waals surface area contributed by atoms with Crippen LogP contribution >= 0.6 is 0 Å². The van der Waals surface area contributed by atoms with E-state index < -0.39 is 6.17 Å². The van der Waals surface area contributed by atoms with Gasteiger partial charge in [-0.2, -0.15) is 5.10 Å². The standard InChI is InChI=1S/C26H24FN5O/c27-18-7-4-12-32(15-18)19-8-11-22-24(13-19)29-26(28-22)25-21-10-9-20(14-23(21)30-31-25)33-16-17-5-2-1-3-6-17/h1-3,5-6,8-11,13-14,18H,4,7,12,15-16H2,(H,28,29)(H,30,31). The number of H-pyrrole nitrogens is 2. The molecule has 5 aromatic rings. The van der Waals surface area contributed by atoms with E-state index in [1.165, 1.54) is 0 Å². The lowest BCUT2D eigenvalue weighted by Gasteiger charge is -2.30. The highest BCUT2D eigenvalue weighted by Gasteiger charge is 2.20. The minimum Gasteiger partial charge on any atom is -0.489 e. The first kappa shape index (κ1) is 19.8. The van der Waals surface area contributed by atoms with Crippen LogP contribution in [0, 0.1) is 0 Å². The Morgan fingerprint density at radius 1 is 1.03 bits per heavy atom. The number of rotatable bonds is 5. The molecule has 1 saturated heterocycles. The van der Waals surface area contributed by atoms with Gasteiger partial charge < -0.3 is 14.6 Å². The number of ether oxygens (including phenoxy) is 1. The molecule has 166 valence electrons. The predicted molar refractivity (Wildman–Crippen MR) is 128 cm³/mol. The van der Waals surface area contributed by atoms with E-state index in [4.69, 9.17) is 9.72 Å². The van der Waals surface area contributed by atoms with Gasteiger partial charge in [-0.05, 0) is 48.7 Å². The van der Waals surface area contributed by atoms with Crippen LogP contribution in [0.2, 0.25) is 0 Å². The van der Waals surface area contributed by atoms with Gasteiger partial charge in [0.15, 0.2) is 5.82 Å². The van der Waals surface area contributed by atoms with Crippen molar-refractivity contribution in [1.29, 1.82) is 0 Å². The Kier molecular flexibility index (Phi) is 4.94. The highest BCUT2D eigenvalue weighted by molar-refractivity contribution is 5.94. The second-order valence-corrected chi connectivity index (χ2v) is 8.53. The number of benzene rings is 3. The Morgan fingerprint density at radius 2 is 1.94 bits per heavy atom. The van der Waals surface area contributed by atoms with Crippen LogP contribution in [-0.2, 0) is 6.61 Å². The number of imidazole rings is 1. The lowest BCUT2D eigenvalue weighted by molar-refractivity contribution is 0.287. The molecule has 2 aromatic heterocycles. The molecule has 1 atom stereocenters. The summed E-state index contributed by atoms with van der Waals surface area (Å²) in [4.78, 5) is 10.2. The SMILES string of the molecule is FC1CCCN(c2ccc3nc(-c4n[nH]c5cc(OCc6ccccc6)ccc45)[nH]c3c2)C1. The maximum absolute atomic E-state index is 13.9. The topological polar surface area (TPSA) is 69.8 Å². The quantitative estimate of drug-likeness (QED) is 0.371. The second kappa shape index (κ2) is 8.24. The van der Waals surface area contributed by atoms with Gasteiger partial charge in [-0.1, -0.05) is 30.3 Å². The molecule has 7 heteroatoms. The molecule has 0 aliphatic carbocycles. The molecule has 0 amide bonds. The average Bonchev–Trinajstić information content (AvgIpc) is 3.46. The van der Waals surface area contributed by atoms with Crippen LogP contribution < -0.4 is 9.64 Å². The minimum atomic E-state index is -0.760. The van der Waals surface area contributed by atoms with Crippen molar-refractivity contribution in [3.8, 4) is 17.3 Å². The van der Waals surface area contributed by atoms with Crippen LogP contribution in [0.25, 0.3) is 33.5 Å². The van der Waals surface area contributed by atoms with Gasteiger partial charge in [0.1, 0.15) is 24.2 Å². The predicted octanol–water partition coefficient (Wildman–Crippen LogP) is 5.62. The summed E-state index contributed by atoms with van der Waals surface area (Å²) >= 11 is 0. The zero-order valence-corrected chi connectivity index (χ0v) is 18.1. The third-order valence-corrected chi connectivity index (χ3v) is 6.20. The molecular weight excluding hydrogens is 417 g/mol. The third-order valence-electron chi connectivity index (χ3n) is 6.20. The molecule has 1 fully saturated rings. The van der Waals surface area contributed by atoms with Crippen LogP contribution in [0.15, 0.2) is 66.7 Å². The van der Waals surface area contributed by atoms with Crippen LogP contribution in [-0.4, -0.2) is 39.4 Å². The maximum atomic E-state index is 13.9. The lowest BCUT2D eigenvalue weighted by Crippen LogP contribution is -2.36. The fourth-order valence-electron chi connectivity index (χ4n) is 4.48. The van der Waals surface area contributed by atoms with E-state index in [0.717, 1.165) is 57.6 Å². The summed E-state index contributed by atoms with van der Waals surface area (Å²) in [6.45, 7) is 1.84. The summed E-state index contributed by atoms with van der Waals surface area (Å²) in [6, 6.07) is 22.0. The maximum Gasteiger partial charge on any atom is 0.159 e. The minimum absolute atomic E-state index is 0.450. The van der Waals surface area contributed by atoms with E-state index in [2.05, 4.69) is 20.1 Å². The Bertz CT molecular complexity index is 1410. The normalized spacial score (nSPS) is 16.5. The summed E-state index contributed by atoms with van der Waals surface area (Å²) in [5.41, 5.74) is 5.57. The Balaban J connectivity index is 1.26. The lowest BCUT2D eigenvalue weighted by atomic mass is 10.1. The monoisotopic (exact) mass is 441 g/mol. The largest absolute Gasteiger partial charge is 0.489 e. The zero-order chi connectivity index (χ0) is 22.2. The molecule has 0 spiro atoms. The van der Waals surface area contributed by atoms with Gasteiger partial charge in [-0.15, -0.1) is 0 Å². The summed E-state index contributed by atoms with van der Waals surface area (Å²) in [6.07, 6.45) is 0.769. The molecule has 1 aliphatic rings. The number of aromatic nitrogens is 4. The van der Waals surface area contributed by atoms with Crippen LogP contribution in [0.1, 0.15) is 18.4 Å². The first-order valence-electron chi connectivity index (χ1n) is 11.3. The van der Waals surface area contributed by atoms with E-state index in [1.807, 2.05) is 66.7 Å². The van der Waals surface area contributed by atoms with Crippen molar-refractivity contribution in [2.75, 3.05) is 18.0 Å². The molecule has 1 aliphatic heterocycles. The summed E-state index contributed by atoms with van der Waals surface area (Å²) in [5, 5.41) is 8.58. The summed E-state index contributed by atoms with van der Waals surface area (Å²) in [5.74, 6) is 1.48. The molecule has 1 unspecified atom stereocenters. The Morgan fingerprint density at radius 3 is 2.82 bits per heavy atom. The zero-order valence-electron chi connectivity index (χ0n) is 18.1. The number of piperidine rings is 1. The molecule has 6 rings (SSSR count). The van der Waals surface area contributed by atoms with Crippen LogP contribution in [0.5, 0.6) is 5.75 Å². The summed E-state index contributed by atoms with van der Waals surface area (Å²) in [7, 11) is 0. The number of alkyl halides is 1. The van der Waals surface area contributed by atoms with Gasteiger partial charge in [0, 0.05) is 30.2 Å². The Labute approximate surface area is 190 Å². The molecule has 2 N–H and O–H groups in total. The van der Waals surface area contributed by atoms with E-state index >= 15 is 0 Å². The highest BCUT2D eigenvalue weighted by atomic mass is 19.1. The van der Waals surface area contributed by atoms with Crippen molar-refractivity contribution in [2.24, 2.45) is 0 Å². The van der Waals surface area contributed by atoms with Gasteiger partial charge in [0.25, 0.3) is 0 Å². The molecule has 0 saturated carbocycles. The fourth-order valence-corrected chi connectivity index (χ4v) is 4.48. The van der Waals surface area contributed by atoms with Crippen molar-refractivity contribution in [3.05, 3.63) is 72.3 Å². The molecule has 6 nitrogen and oxygen atoms in total. The van der Waals surface area contributed by atoms with Gasteiger partial charge in [0.2, 0.25) is 0 Å². The van der Waals surface area contributed by atoms with Gasteiger partial charge in [0.05, 0.1) is 16.6 Å². The first-order valence-corrected chi connectivity index (χ1v) is 11.3. The van der Waals surface area contributed by atoms with Crippen molar-refractivity contribution >= 4 is 27.6 Å². The number of nitrogens with zero attached hydrogens (tertiary/aromatic N) is 3. The molecular formula is C26H24FN5O. The third kappa shape index (κ3) is 3.91. The highest BCUT2D eigenvalue weighted by Crippen LogP contribution is 2.30. The average molecular weight is 442 g/mol. The van der Waals surface area contributed by atoms with Gasteiger partial charge in [-0.3, -0.25) is 5.10 Å². The van der Waals surface area contributed by atoms with Crippen molar-refractivity contribution in [3.63, 3.8) is 0 Å². The van der Waals surface area contributed by atoms with Crippen molar-refractivity contribution in [1.82, 2.24) is 20.2 Å². The van der Waals surface area contributed by atoms with Gasteiger partial charge >= 0.3 is 0 Å². The van der Waals surface area contributed by atoms with E-state index in [-0.39, 0.29) is 0 Å². The molecule has 3 aromatic carbocycles. The number of anilines is 1. The number of hydrogen-bond acceptors (Lipinski definition) is 4. The van der Waals surface area contributed by atoms with Crippen molar-refractivity contribution < 1.29 is 9.13 Å². The summed E-state index contributed by atoms with van der Waals surface area (Å²) < 4.78 is 19.8. The Hall–Kier alpha value is -3.87. The van der Waals surface area contributed by atoms with E-state index in [0.29, 0.717) is 25.4 Å².